The molecule has 0 unspecified atom stereocenters. The van der Waals surface area contributed by atoms with Crippen LogP contribution in [-0.4, -0.2) is 53.3 Å². The topological polar surface area (TPSA) is 111 Å². The summed E-state index contributed by atoms with van der Waals surface area (Å²) in [6.45, 7) is 6.21. The molecule has 2 aromatic heterocycles. The molecule has 3 rings (SSSR count). The highest BCUT2D eigenvalue weighted by molar-refractivity contribution is 7.91. The number of sulfonamides is 1. The average Bonchev–Trinajstić information content (AvgIpc) is 3.54. The molecule has 0 aliphatic heterocycles. The van der Waals surface area contributed by atoms with Gasteiger partial charge in [0.15, 0.2) is 4.21 Å². The third-order valence-electron chi connectivity index (χ3n) is 6.03. The van der Waals surface area contributed by atoms with Gasteiger partial charge in [0.25, 0.3) is 0 Å². The van der Waals surface area contributed by atoms with Crippen molar-refractivity contribution in [1.29, 1.82) is 0 Å². The zero-order valence-corrected chi connectivity index (χ0v) is 25.9. The first kappa shape index (κ1) is 35.8. The van der Waals surface area contributed by atoms with Crippen molar-refractivity contribution in [2.75, 3.05) is 6.54 Å². The Balaban J connectivity index is 2.09. The second-order valence-electron chi connectivity index (χ2n) is 10.6. The number of nitrogens with one attached hydrogen (secondary N) is 1. The van der Waals surface area contributed by atoms with Crippen molar-refractivity contribution in [3.63, 3.8) is 0 Å². The summed E-state index contributed by atoms with van der Waals surface area (Å²) in [6.07, 6.45) is -8.78. The van der Waals surface area contributed by atoms with E-state index in [0.29, 0.717) is 22.0 Å². The summed E-state index contributed by atoms with van der Waals surface area (Å²) in [6, 6.07) is 2.99. The van der Waals surface area contributed by atoms with E-state index in [2.05, 4.69) is 9.82 Å². The fourth-order valence-corrected chi connectivity index (χ4v) is 7.20. The fourth-order valence-electron chi connectivity index (χ4n) is 4.08. The van der Waals surface area contributed by atoms with Crippen LogP contribution in [0.25, 0.3) is 11.1 Å². The predicted octanol–water partition coefficient (Wildman–Crippen LogP) is 6.79. The van der Waals surface area contributed by atoms with Gasteiger partial charge in [-0.15, -0.1) is 11.3 Å². The van der Waals surface area contributed by atoms with Crippen LogP contribution in [-0.2, 0) is 32.6 Å². The molecule has 0 saturated carbocycles. The monoisotopic (exact) mass is 686 g/mol. The highest BCUT2D eigenvalue weighted by Crippen LogP contribution is 2.39. The number of urea groups is 1. The lowest BCUT2D eigenvalue weighted by molar-refractivity contribution is -0.216. The van der Waals surface area contributed by atoms with Crippen LogP contribution in [0.4, 0.5) is 35.5 Å². The molecule has 0 radical (unpaired) electrons. The van der Waals surface area contributed by atoms with Gasteiger partial charge in [-0.25, -0.2) is 19.0 Å². The average molecular weight is 687 g/mol. The van der Waals surface area contributed by atoms with Crippen molar-refractivity contribution in [2.24, 2.45) is 5.92 Å². The van der Waals surface area contributed by atoms with Crippen molar-refractivity contribution in [3.05, 3.63) is 58.7 Å². The van der Waals surface area contributed by atoms with Crippen LogP contribution >= 0.6 is 11.3 Å². The molecule has 3 aromatic rings. The molecule has 2 amide bonds. The van der Waals surface area contributed by atoms with Crippen molar-refractivity contribution in [1.82, 2.24) is 19.3 Å². The second-order valence-corrected chi connectivity index (χ2v) is 13.7. The normalized spacial score (nSPS) is 12.6. The van der Waals surface area contributed by atoms with Crippen LogP contribution in [0.1, 0.15) is 56.3 Å². The smallest absolute Gasteiger partial charge is 0.334 e. The Kier molecular flexibility index (Phi) is 10.9. The van der Waals surface area contributed by atoms with E-state index in [1.165, 1.54) is 23.5 Å². The van der Waals surface area contributed by atoms with Crippen LogP contribution in [0.15, 0.2) is 40.9 Å². The predicted molar refractivity (Wildman–Crippen MR) is 149 cm³/mol. The molecule has 1 aromatic carbocycles. The summed E-state index contributed by atoms with van der Waals surface area (Å²) in [5.41, 5.74) is -0.0800. The molecular formula is C27H29F7N4O5S2. The van der Waals surface area contributed by atoms with Gasteiger partial charge in [-0.1, -0.05) is 39.8 Å². The summed E-state index contributed by atoms with van der Waals surface area (Å²) in [5.74, 6) is -3.22. The minimum atomic E-state index is -5.77. The molecule has 0 aliphatic carbocycles. The van der Waals surface area contributed by atoms with E-state index in [1.54, 1.807) is 30.8 Å². The maximum atomic E-state index is 15.4. The first-order valence-electron chi connectivity index (χ1n) is 13.3. The Hall–Kier alpha value is -3.67. The molecule has 18 heteroatoms. The fraction of sp³-hybridized carbons (Fsp3) is 0.444. The number of hydroxylamine groups is 1. The number of alkyl halides is 6. The highest BCUT2D eigenvalue weighted by atomic mass is 32.2. The Morgan fingerprint density at radius 3 is 2.31 bits per heavy atom. The Morgan fingerprint density at radius 1 is 1.09 bits per heavy atom. The molecule has 248 valence electrons. The summed E-state index contributed by atoms with van der Waals surface area (Å²) in [5, 5.41) is 1.50. The minimum absolute atomic E-state index is 0.0281. The van der Waals surface area contributed by atoms with Crippen molar-refractivity contribution in [3.8, 4) is 11.1 Å². The van der Waals surface area contributed by atoms with Crippen molar-refractivity contribution >= 4 is 33.4 Å². The number of rotatable bonds is 10. The van der Waals surface area contributed by atoms with Crippen LogP contribution < -0.4 is 5.32 Å². The number of nitrogens with zero attached hydrogens (tertiary/aromatic N) is 3. The molecule has 45 heavy (non-hydrogen) atoms. The molecule has 0 fully saturated rings. The number of carbonyl (C=O) groups is 2. The van der Waals surface area contributed by atoms with Gasteiger partial charge >= 0.3 is 34.4 Å². The summed E-state index contributed by atoms with van der Waals surface area (Å²) in [4.78, 5) is 32.8. The Bertz CT molecular complexity index is 1630. The zero-order chi connectivity index (χ0) is 33.9. The number of hydrogen-bond donors (Lipinski definition) is 1. The van der Waals surface area contributed by atoms with Crippen molar-refractivity contribution < 1.29 is 53.6 Å². The third-order valence-corrected chi connectivity index (χ3v) is 9.23. The number of imidazole rings is 1. The molecule has 0 bridgehead atoms. The van der Waals surface area contributed by atoms with Gasteiger partial charge in [0.1, 0.15) is 11.6 Å². The Morgan fingerprint density at radius 2 is 1.76 bits per heavy atom. The van der Waals surface area contributed by atoms with Gasteiger partial charge in [-0.3, -0.25) is 0 Å². The Labute approximate surface area is 258 Å². The molecule has 0 atom stereocenters. The summed E-state index contributed by atoms with van der Waals surface area (Å²) < 4.78 is 120. The molecule has 9 nitrogen and oxygen atoms in total. The number of carbonyl (C=O) groups excluding carboxylic acids is 2. The molecule has 2 heterocycles. The van der Waals surface area contributed by atoms with Gasteiger partial charge in [-0.05, 0) is 34.5 Å². The van der Waals surface area contributed by atoms with Gasteiger partial charge in [-0.2, -0.15) is 34.8 Å². The molecule has 1 N–H and O–H groups in total. The highest BCUT2D eigenvalue weighted by Gasteiger charge is 2.47. The maximum absolute atomic E-state index is 15.4. The quantitative estimate of drug-likeness (QED) is 0.186. The van der Waals surface area contributed by atoms with Gasteiger partial charge in [0, 0.05) is 40.9 Å². The lowest BCUT2D eigenvalue weighted by atomic mass is 10.0. The van der Waals surface area contributed by atoms with Crippen LogP contribution in [0, 0.1) is 11.7 Å². The largest absolute Gasteiger partial charge is 0.493 e. The zero-order valence-electron chi connectivity index (χ0n) is 24.3. The van der Waals surface area contributed by atoms with E-state index in [9.17, 15) is 44.3 Å². The minimum Gasteiger partial charge on any atom is -0.334 e. The first-order chi connectivity index (χ1) is 20.7. The van der Waals surface area contributed by atoms with Gasteiger partial charge < -0.3 is 14.7 Å². The number of thiophene rings is 1. The van der Waals surface area contributed by atoms with E-state index in [0.717, 1.165) is 6.07 Å². The summed E-state index contributed by atoms with van der Waals surface area (Å²) in [7, 11) is -5.51. The lowest BCUT2D eigenvalue weighted by Gasteiger charge is -2.21. The molecule has 0 spiro atoms. The third kappa shape index (κ3) is 9.18. The summed E-state index contributed by atoms with van der Waals surface area (Å²) >= 11 is 0.520. The van der Waals surface area contributed by atoms with Crippen LogP contribution in [0.5, 0.6) is 0 Å². The first-order valence-corrected chi connectivity index (χ1v) is 15.6. The number of benzene rings is 1. The van der Waals surface area contributed by atoms with E-state index in [1.807, 2.05) is 13.8 Å². The van der Waals surface area contributed by atoms with E-state index < -0.39 is 61.8 Å². The number of amides is 2. The van der Waals surface area contributed by atoms with E-state index in [-0.39, 0.29) is 41.5 Å². The van der Waals surface area contributed by atoms with Crippen LogP contribution in [0.3, 0.4) is 0 Å². The molecular weight excluding hydrogens is 657 g/mol. The lowest BCUT2D eigenvalue weighted by Crippen LogP contribution is -2.47. The van der Waals surface area contributed by atoms with Gasteiger partial charge in [0.2, 0.25) is 0 Å². The SMILES string of the molecule is CC(C)Cc1cc(-c2ccc(Cn3ccnc3C(C)C)c(F)c2)c(S(=O)(=O)N(OC(=O)C(F)(F)F)C(=O)NCCC(F)(F)F)s1. The molecule has 0 aliphatic rings. The second kappa shape index (κ2) is 13.8. The number of hydrogen-bond acceptors (Lipinski definition) is 7. The number of aromatic nitrogens is 2. The van der Waals surface area contributed by atoms with E-state index in [4.69, 9.17) is 0 Å². The van der Waals surface area contributed by atoms with Gasteiger partial charge in [0.05, 0.1) is 13.0 Å². The maximum Gasteiger partial charge on any atom is 0.493 e. The number of halogens is 7. The standard InChI is InChI=1S/C27H29F7N4O5S2/c1-15(2)11-19-13-20(17-5-6-18(21(28)12-17)14-37-10-9-35-22(37)16(3)4)23(44-19)45(41,42)38(43-24(39)27(32,33)34)25(40)36-8-7-26(29,30)31/h5-6,9-10,12-13,15-16H,7-8,11,14H2,1-4H3,(H,36,40). The van der Waals surface area contributed by atoms with Crippen LogP contribution in [0.2, 0.25) is 0 Å². The van der Waals surface area contributed by atoms with Crippen molar-refractivity contribution in [2.45, 2.75) is 69.6 Å². The van der Waals surface area contributed by atoms with E-state index >= 15 is 4.39 Å². The molecule has 0 saturated heterocycles.